The summed E-state index contributed by atoms with van der Waals surface area (Å²) in [7, 11) is 0. The molecule has 0 bridgehead atoms. The van der Waals surface area contributed by atoms with E-state index in [4.69, 9.17) is 17.5 Å². The minimum Gasteiger partial charge on any atom is -0.330 e. The number of nitrogens with one attached hydrogen (secondary N) is 1. The zero-order valence-electron chi connectivity index (χ0n) is 14.3. The van der Waals surface area contributed by atoms with Gasteiger partial charge in [-0.15, -0.1) is 5.10 Å². The predicted molar refractivity (Wildman–Crippen MR) is 98.0 cm³/mol. The number of nitriles is 1. The summed E-state index contributed by atoms with van der Waals surface area (Å²) in [6.45, 7) is 2.76. The molecular weight excluding hydrogens is 383 g/mol. The largest absolute Gasteiger partial charge is 0.401 e. The van der Waals surface area contributed by atoms with Crippen molar-refractivity contribution in [2.24, 2.45) is 0 Å². The Morgan fingerprint density at radius 1 is 1.35 bits per heavy atom. The van der Waals surface area contributed by atoms with Gasteiger partial charge in [-0.2, -0.15) is 18.4 Å². The molecule has 0 unspecified atom stereocenters. The maximum Gasteiger partial charge on any atom is 0.401 e. The van der Waals surface area contributed by atoms with E-state index in [-0.39, 0.29) is 19.6 Å². The smallest absolute Gasteiger partial charge is 0.330 e. The summed E-state index contributed by atoms with van der Waals surface area (Å²) in [5.41, 5.74) is 3.11. The van der Waals surface area contributed by atoms with Crippen LogP contribution in [0, 0.1) is 29.1 Å². The van der Waals surface area contributed by atoms with Crippen molar-refractivity contribution in [1.82, 2.24) is 14.7 Å². The SMILES string of the molecule is Cc1ccc(Nc2nn(CN(CCC#N)CC(F)(F)F)c(=S)s2)cc1C. The van der Waals surface area contributed by atoms with Gasteiger partial charge in [-0.1, -0.05) is 17.4 Å². The van der Waals surface area contributed by atoms with Gasteiger partial charge in [0, 0.05) is 18.7 Å². The molecule has 2 aromatic rings. The van der Waals surface area contributed by atoms with Crippen molar-refractivity contribution < 1.29 is 13.2 Å². The highest BCUT2D eigenvalue weighted by molar-refractivity contribution is 7.73. The second kappa shape index (κ2) is 8.62. The molecule has 0 aliphatic heterocycles. The summed E-state index contributed by atoms with van der Waals surface area (Å²) in [5, 5.41) is 16.5. The van der Waals surface area contributed by atoms with Gasteiger partial charge in [0.2, 0.25) is 5.13 Å². The first-order valence-corrected chi connectivity index (χ1v) is 8.98. The Morgan fingerprint density at radius 2 is 2.08 bits per heavy atom. The van der Waals surface area contributed by atoms with E-state index in [0.717, 1.165) is 21.7 Å². The van der Waals surface area contributed by atoms with Gasteiger partial charge < -0.3 is 5.32 Å². The van der Waals surface area contributed by atoms with E-state index in [1.807, 2.05) is 38.1 Å². The molecule has 1 N–H and O–H groups in total. The number of anilines is 2. The fourth-order valence-electron chi connectivity index (χ4n) is 2.24. The van der Waals surface area contributed by atoms with E-state index in [1.54, 1.807) is 0 Å². The number of aryl methyl sites for hydroxylation is 2. The third-order valence-electron chi connectivity index (χ3n) is 3.64. The van der Waals surface area contributed by atoms with Gasteiger partial charge in [0.05, 0.1) is 19.3 Å². The second-order valence-electron chi connectivity index (χ2n) is 5.81. The molecule has 1 aromatic carbocycles. The first kappa shape index (κ1) is 20.4. The molecule has 0 saturated carbocycles. The van der Waals surface area contributed by atoms with Crippen LogP contribution in [0.25, 0.3) is 0 Å². The molecule has 2 rings (SSSR count). The molecule has 1 heterocycles. The molecule has 0 atom stereocenters. The topological polar surface area (TPSA) is 56.9 Å². The molecule has 0 saturated heterocycles. The molecule has 5 nitrogen and oxygen atoms in total. The van der Waals surface area contributed by atoms with Crippen LogP contribution in [0.5, 0.6) is 0 Å². The van der Waals surface area contributed by atoms with Crippen LogP contribution in [0.15, 0.2) is 18.2 Å². The molecule has 26 heavy (non-hydrogen) atoms. The summed E-state index contributed by atoms with van der Waals surface area (Å²) in [4.78, 5) is 1.11. The Morgan fingerprint density at radius 3 is 2.69 bits per heavy atom. The number of hydrogen-bond acceptors (Lipinski definition) is 6. The van der Waals surface area contributed by atoms with Crippen LogP contribution in [0.1, 0.15) is 17.5 Å². The average molecular weight is 401 g/mol. The highest BCUT2D eigenvalue weighted by Gasteiger charge is 2.30. The monoisotopic (exact) mass is 401 g/mol. The molecule has 0 fully saturated rings. The van der Waals surface area contributed by atoms with Crippen LogP contribution in [-0.4, -0.2) is 33.9 Å². The Hall–Kier alpha value is -1.96. The van der Waals surface area contributed by atoms with Gasteiger partial charge in [-0.05, 0) is 49.3 Å². The Labute approximate surface area is 158 Å². The lowest BCUT2D eigenvalue weighted by Crippen LogP contribution is -2.36. The lowest BCUT2D eigenvalue weighted by atomic mass is 10.1. The summed E-state index contributed by atoms with van der Waals surface area (Å²) in [6.07, 6.45) is -4.35. The van der Waals surface area contributed by atoms with Crippen LogP contribution >= 0.6 is 23.6 Å². The van der Waals surface area contributed by atoms with E-state index < -0.39 is 12.7 Å². The molecule has 10 heteroatoms. The Balaban J connectivity index is 2.13. The van der Waals surface area contributed by atoms with Crippen LogP contribution in [0.4, 0.5) is 24.0 Å². The lowest BCUT2D eigenvalue weighted by Gasteiger charge is -2.22. The minimum atomic E-state index is -4.35. The number of nitrogens with zero attached hydrogens (tertiary/aromatic N) is 4. The molecule has 1 aromatic heterocycles. The maximum absolute atomic E-state index is 12.7. The number of halogens is 3. The Bertz CT molecular complexity index is 851. The second-order valence-corrected chi connectivity index (χ2v) is 7.44. The van der Waals surface area contributed by atoms with Crippen molar-refractivity contribution in [3.05, 3.63) is 33.3 Å². The Kier molecular flexibility index (Phi) is 6.75. The van der Waals surface area contributed by atoms with E-state index in [1.165, 1.54) is 16.0 Å². The van der Waals surface area contributed by atoms with Crippen molar-refractivity contribution in [3.8, 4) is 6.07 Å². The van der Waals surface area contributed by atoms with Crippen LogP contribution in [-0.2, 0) is 6.67 Å². The van der Waals surface area contributed by atoms with E-state index in [9.17, 15) is 13.2 Å². The standard InChI is InChI=1S/C16H18F3N5S2/c1-11-4-5-13(8-12(11)2)21-14-22-24(15(25)26-14)10-23(7-3-6-20)9-16(17,18)19/h4-5,8H,3,7,9-10H2,1-2H3,(H,21,22). The number of hydrogen-bond donors (Lipinski definition) is 1. The average Bonchev–Trinajstić information content (AvgIpc) is 2.86. The molecule has 140 valence electrons. The molecule has 0 aliphatic carbocycles. The number of rotatable bonds is 7. The van der Waals surface area contributed by atoms with Gasteiger partial charge in [0.15, 0.2) is 3.95 Å². The highest BCUT2D eigenvalue weighted by atomic mass is 32.1. The normalized spacial score (nSPS) is 11.6. The van der Waals surface area contributed by atoms with Crippen LogP contribution in [0.2, 0.25) is 0 Å². The third kappa shape index (κ3) is 6.09. The van der Waals surface area contributed by atoms with Crippen LogP contribution < -0.4 is 5.32 Å². The van der Waals surface area contributed by atoms with Crippen molar-refractivity contribution in [1.29, 1.82) is 5.26 Å². The van der Waals surface area contributed by atoms with Gasteiger partial charge in [0.25, 0.3) is 0 Å². The molecular formula is C16H18F3N5S2. The van der Waals surface area contributed by atoms with E-state index in [0.29, 0.717) is 9.09 Å². The number of aromatic nitrogens is 2. The van der Waals surface area contributed by atoms with Crippen LogP contribution in [0.3, 0.4) is 0 Å². The maximum atomic E-state index is 12.7. The first-order chi connectivity index (χ1) is 12.2. The first-order valence-electron chi connectivity index (χ1n) is 7.76. The van der Waals surface area contributed by atoms with Gasteiger partial charge >= 0.3 is 6.18 Å². The van der Waals surface area contributed by atoms with Gasteiger partial charge in [0.1, 0.15) is 0 Å². The van der Waals surface area contributed by atoms with Crippen molar-refractivity contribution in [2.75, 3.05) is 18.4 Å². The number of benzene rings is 1. The summed E-state index contributed by atoms with van der Waals surface area (Å²) < 4.78 is 39.8. The highest BCUT2D eigenvalue weighted by Crippen LogP contribution is 2.23. The summed E-state index contributed by atoms with van der Waals surface area (Å²) in [6, 6.07) is 7.70. The van der Waals surface area contributed by atoms with E-state index >= 15 is 0 Å². The van der Waals surface area contributed by atoms with E-state index in [2.05, 4.69) is 10.4 Å². The zero-order chi connectivity index (χ0) is 19.3. The van der Waals surface area contributed by atoms with Crippen molar-refractivity contribution in [2.45, 2.75) is 33.1 Å². The fourth-order valence-corrected chi connectivity index (χ4v) is 3.25. The quantitative estimate of drug-likeness (QED) is 0.678. The predicted octanol–water partition coefficient (Wildman–Crippen LogP) is 4.77. The molecule has 0 radical (unpaired) electrons. The minimum absolute atomic E-state index is 0.00128. The van der Waals surface area contributed by atoms with Crippen molar-refractivity contribution in [3.63, 3.8) is 0 Å². The zero-order valence-corrected chi connectivity index (χ0v) is 15.9. The van der Waals surface area contributed by atoms with Crippen molar-refractivity contribution >= 4 is 34.4 Å². The molecule has 0 spiro atoms. The summed E-state index contributed by atoms with van der Waals surface area (Å²) >= 11 is 6.40. The molecule has 0 amide bonds. The number of alkyl halides is 3. The molecule has 0 aliphatic rings. The van der Waals surface area contributed by atoms with Gasteiger partial charge in [-0.3, -0.25) is 4.90 Å². The lowest BCUT2D eigenvalue weighted by molar-refractivity contribution is -0.149. The third-order valence-corrected chi connectivity index (χ3v) is 4.86. The fraction of sp³-hybridized carbons (Fsp3) is 0.438. The summed E-state index contributed by atoms with van der Waals surface area (Å²) in [5.74, 6) is 0. The van der Waals surface area contributed by atoms with Gasteiger partial charge in [-0.25, -0.2) is 4.68 Å².